The van der Waals surface area contributed by atoms with E-state index in [9.17, 15) is 4.79 Å². The summed E-state index contributed by atoms with van der Waals surface area (Å²) in [6.07, 6.45) is 2.35. The second kappa shape index (κ2) is 11.5. The normalized spacial score (nSPS) is 16.4. The molecule has 194 valence electrons. The molecule has 6 rings (SSSR count). The predicted molar refractivity (Wildman–Crippen MR) is 155 cm³/mol. The largest absolute Gasteiger partial charge is 0.354 e. The van der Waals surface area contributed by atoms with Gasteiger partial charge < -0.3 is 9.80 Å². The molecular weight excluding hydrogens is 490 g/mol. The first kappa shape index (κ1) is 24.9. The van der Waals surface area contributed by atoms with Crippen LogP contribution >= 0.6 is 11.8 Å². The van der Waals surface area contributed by atoms with Crippen LogP contribution in [0.1, 0.15) is 30.0 Å². The predicted octanol–water partition coefficient (Wildman–Crippen LogP) is 5.26. The summed E-state index contributed by atoms with van der Waals surface area (Å²) in [6.45, 7) is 5.16. The Morgan fingerprint density at radius 2 is 1.26 bits per heavy atom. The maximum Gasteiger partial charge on any atom is 0.233 e. The van der Waals surface area contributed by atoms with Crippen LogP contribution in [0.25, 0.3) is 11.0 Å². The molecule has 2 fully saturated rings. The van der Waals surface area contributed by atoms with Gasteiger partial charge in [0, 0.05) is 39.3 Å². The van der Waals surface area contributed by atoms with Crippen molar-refractivity contribution in [3.63, 3.8) is 0 Å². The zero-order chi connectivity index (χ0) is 25.7. The highest BCUT2D eigenvalue weighted by Gasteiger charge is 2.28. The van der Waals surface area contributed by atoms with E-state index in [0.717, 1.165) is 61.1 Å². The fourth-order valence-corrected chi connectivity index (χ4v) is 6.45. The van der Waals surface area contributed by atoms with E-state index >= 15 is 0 Å². The molecule has 2 aliphatic heterocycles. The molecule has 3 aromatic carbocycles. The number of carbonyl (C=O) groups is 1. The Bertz CT molecular complexity index is 1330. The number of rotatable bonds is 7. The summed E-state index contributed by atoms with van der Waals surface area (Å²) in [6, 6.07) is 29.6. The number of para-hydroxylation sites is 2. The standard InChI is InChI=1S/C31H33N5OS/c37-28(23-38-31-30(36-17-9-10-18-36)32-26-15-7-8-16-27(26)33-31)34-19-21-35(22-20-34)29(24-11-3-1-4-12-24)25-13-5-2-6-14-25/h1-8,11-16,29H,9-10,17-23H2. The number of hydrogen-bond donors (Lipinski definition) is 0. The van der Waals surface area contributed by atoms with Gasteiger partial charge in [-0.05, 0) is 36.1 Å². The van der Waals surface area contributed by atoms with Crippen molar-refractivity contribution in [3.8, 4) is 0 Å². The van der Waals surface area contributed by atoms with Crippen LogP contribution in [0.3, 0.4) is 0 Å². The molecule has 1 amide bonds. The Hall–Kier alpha value is -3.42. The SMILES string of the molecule is O=C(CSc1nc2ccccc2nc1N1CCCC1)N1CCN(C(c2ccccc2)c2ccccc2)CC1. The fraction of sp³-hybridized carbons (Fsp3) is 0.323. The number of thioether (sulfide) groups is 1. The monoisotopic (exact) mass is 523 g/mol. The van der Waals surface area contributed by atoms with Gasteiger partial charge in [0.15, 0.2) is 5.82 Å². The minimum Gasteiger partial charge on any atom is -0.354 e. The average Bonchev–Trinajstić information content (AvgIpc) is 3.52. The number of aromatic nitrogens is 2. The summed E-state index contributed by atoms with van der Waals surface area (Å²) in [5, 5.41) is 0.866. The lowest BCUT2D eigenvalue weighted by Crippen LogP contribution is -2.50. The first-order valence-electron chi connectivity index (χ1n) is 13.5. The zero-order valence-corrected chi connectivity index (χ0v) is 22.4. The molecule has 0 atom stereocenters. The van der Waals surface area contributed by atoms with E-state index in [0.29, 0.717) is 5.75 Å². The molecule has 0 unspecified atom stereocenters. The molecule has 1 aromatic heterocycles. The van der Waals surface area contributed by atoms with Gasteiger partial charge in [-0.2, -0.15) is 0 Å². The van der Waals surface area contributed by atoms with Gasteiger partial charge in [0.1, 0.15) is 5.03 Å². The Morgan fingerprint density at radius 3 is 1.87 bits per heavy atom. The number of amides is 1. The lowest BCUT2D eigenvalue weighted by Gasteiger charge is -2.39. The molecule has 0 spiro atoms. The van der Waals surface area contributed by atoms with Crippen LogP contribution in [0.4, 0.5) is 5.82 Å². The van der Waals surface area contributed by atoms with Crippen molar-refractivity contribution in [2.75, 3.05) is 49.9 Å². The molecule has 4 aromatic rings. The Labute approximate surface area is 228 Å². The first-order valence-corrected chi connectivity index (χ1v) is 14.5. The van der Waals surface area contributed by atoms with Gasteiger partial charge in [0.2, 0.25) is 5.91 Å². The summed E-state index contributed by atoms with van der Waals surface area (Å²) in [7, 11) is 0. The molecule has 0 aliphatic carbocycles. The smallest absolute Gasteiger partial charge is 0.233 e. The van der Waals surface area contributed by atoms with E-state index in [1.807, 2.05) is 29.2 Å². The van der Waals surface area contributed by atoms with Crippen molar-refractivity contribution in [1.29, 1.82) is 0 Å². The van der Waals surface area contributed by atoms with E-state index in [2.05, 4.69) is 70.5 Å². The molecule has 3 heterocycles. The van der Waals surface area contributed by atoms with Crippen LogP contribution in [0.5, 0.6) is 0 Å². The van der Waals surface area contributed by atoms with Gasteiger partial charge in [-0.15, -0.1) is 0 Å². The lowest BCUT2D eigenvalue weighted by molar-refractivity contribution is -0.130. The third kappa shape index (κ3) is 5.40. The van der Waals surface area contributed by atoms with E-state index in [-0.39, 0.29) is 11.9 Å². The molecule has 6 nitrogen and oxygen atoms in total. The number of piperazine rings is 1. The zero-order valence-electron chi connectivity index (χ0n) is 21.6. The molecular formula is C31H33N5OS. The Morgan fingerprint density at radius 1 is 0.711 bits per heavy atom. The highest BCUT2D eigenvalue weighted by atomic mass is 32.2. The summed E-state index contributed by atoms with van der Waals surface area (Å²) in [5.74, 6) is 1.49. The number of anilines is 1. The second-order valence-corrected chi connectivity index (χ2v) is 10.9. The Kier molecular flexibility index (Phi) is 7.56. The third-order valence-corrected chi connectivity index (χ3v) is 8.46. The van der Waals surface area contributed by atoms with E-state index < -0.39 is 0 Å². The molecule has 0 bridgehead atoms. The number of nitrogens with zero attached hydrogens (tertiary/aromatic N) is 5. The van der Waals surface area contributed by atoms with Crippen molar-refractivity contribution < 1.29 is 4.79 Å². The summed E-state index contributed by atoms with van der Waals surface area (Å²) in [5.41, 5.74) is 4.37. The molecule has 38 heavy (non-hydrogen) atoms. The van der Waals surface area contributed by atoms with E-state index in [1.165, 1.54) is 35.7 Å². The average molecular weight is 524 g/mol. The van der Waals surface area contributed by atoms with Crippen molar-refractivity contribution in [1.82, 2.24) is 19.8 Å². The molecule has 2 saturated heterocycles. The summed E-state index contributed by atoms with van der Waals surface area (Å²) >= 11 is 1.53. The van der Waals surface area contributed by atoms with Crippen molar-refractivity contribution >= 4 is 34.5 Å². The molecule has 2 aliphatic rings. The Balaban J connectivity index is 1.13. The number of benzene rings is 3. The second-order valence-electron chi connectivity index (χ2n) is 9.96. The number of hydrogen-bond acceptors (Lipinski definition) is 6. The van der Waals surface area contributed by atoms with Crippen LogP contribution in [0, 0.1) is 0 Å². The number of fused-ring (bicyclic) bond motifs is 1. The van der Waals surface area contributed by atoms with Gasteiger partial charge in [0.05, 0.1) is 22.8 Å². The third-order valence-electron chi connectivity index (χ3n) is 7.52. The molecule has 0 N–H and O–H groups in total. The van der Waals surface area contributed by atoms with Crippen LogP contribution < -0.4 is 4.90 Å². The molecule has 0 radical (unpaired) electrons. The maximum absolute atomic E-state index is 13.3. The molecule has 0 saturated carbocycles. The lowest BCUT2D eigenvalue weighted by atomic mass is 9.96. The van der Waals surface area contributed by atoms with Crippen LogP contribution in [-0.2, 0) is 4.79 Å². The topological polar surface area (TPSA) is 52.6 Å². The van der Waals surface area contributed by atoms with Gasteiger partial charge in [-0.1, -0.05) is 84.6 Å². The fourth-order valence-electron chi connectivity index (χ4n) is 5.54. The van der Waals surface area contributed by atoms with Crippen LogP contribution in [0.2, 0.25) is 0 Å². The molecule has 7 heteroatoms. The van der Waals surface area contributed by atoms with Gasteiger partial charge in [-0.25, -0.2) is 9.97 Å². The van der Waals surface area contributed by atoms with Crippen molar-refractivity contribution in [2.24, 2.45) is 0 Å². The van der Waals surface area contributed by atoms with Gasteiger partial charge in [-0.3, -0.25) is 9.69 Å². The minimum absolute atomic E-state index is 0.174. The van der Waals surface area contributed by atoms with E-state index in [1.54, 1.807) is 0 Å². The van der Waals surface area contributed by atoms with Gasteiger partial charge >= 0.3 is 0 Å². The highest BCUT2D eigenvalue weighted by Crippen LogP contribution is 2.32. The van der Waals surface area contributed by atoms with Crippen LogP contribution in [-0.4, -0.2) is 70.7 Å². The quantitative estimate of drug-likeness (QED) is 0.308. The van der Waals surface area contributed by atoms with E-state index in [4.69, 9.17) is 9.97 Å². The summed E-state index contributed by atoms with van der Waals surface area (Å²) < 4.78 is 0. The first-order chi connectivity index (χ1) is 18.8. The summed E-state index contributed by atoms with van der Waals surface area (Å²) in [4.78, 5) is 30.0. The highest BCUT2D eigenvalue weighted by molar-refractivity contribution is 8.00. The van der Waals surface area contributed by atoms with Crippen molar-refractivity contribution in [2.45, 2.75) is 23.9 Å². The maximum atomic E-state index is 13.3. The van der Waals surface area contributed by atoms with Crippen LogP contribution in [0.15, 0.2) is 90.0 Å². The number of carbonyl (C=O) groups excluding carboxylic acids is 1. The minimum atomic E-state index is 0.174. The van der Waals surface area contributed by atoms with Gasteiger partial charge in [0.25, 0.3) is 0 Å². The van der Waals surface area contributed by atoms with Crippen molar-refractivity contribution in [3.05, 3.63) is 96.1 Å².